The summed E-state index contributed by atoms with van der Waals surface area (Å²) in [5, 5.41) is 0. The summed E-state index contributed by atoms with van der Waals surface area (Å²) in [6.07, 6.45) is 0.845. The molecule has 2 N–H and O–H groups in total. The largest absolute Gasteiger partial charge is 0.276 e. The van der Waals surface area contributed by atoms with Gasteiger partial charge in [0.2, 0.25) is 0 Å². The molecule has 0 saturated carbocycles. The quantitative estimate of drug-likeness (QED) is 0.813. The summed E-state index contributed by atoms with van der Waals surface area (Å²) >= 11 is 1.37. The highest BCUT2D eigenvalue weighted by Gasteiger charge is 2.17. The molecular formula is C16H20N2O3S2. The fraction of sp³-hybridized carbons (Fsp3) is 0.312. The third-order valence-electron chi connectivity index (χ3n) is 3.65. The zero-order chi connectivity index (χ0) is 17.2. The van der Waals surface area contributed by atoms with E-state index in [2.05, 4.69) is 10.3 Å². The van der Waals surface area contributed by atoms with Gasteiger partial charge in [-0.3, -0.25) is 10.2 Å². The van der Waals surface area contributed by atoms with Crippen molar-refractivity contribution in [1.82, 2.24) is 10.3 Å². The number of rotatable bonds is 5. The highest BCUT2D eigenvalue weighted by atomic mass is 32.2. The first-order valence-corrected chi connectivity index (χ1v) is 9.53. The van der Waals surface area contributed by atoms with Crippen molar-refractivity contribution < 1.29 is 13.2 Å². The summed E-state index contributed by atoms with van der Waals surface area (Å²) in [5.74, 6) is -0.454. The lowest BCUT2D eigenvalue weighted by molar-refractivity contribution is 0.0949. The van der Waals surface area contributed by atoms with Crippen molar-refractivity contribution in [3.8, 4) is 0 Å². The van der Waals surface area contributed by atoms with Gasteiger partial charge in [-0.05, 0) is 62.1 Å². The zero-order valence-corrected chi connectivity index (χ0v) is 15.2. The molecule has 0 saturated heterocycles. The summed E-state index contributed by atoms with van der Waals surface area (Å²) in [6.45, 7) is 7.70. The van der Waals surface area contributed by atoms with Crippen LogP contribution in [0.4, 0.5) is 0 Å². The van der Waals surface area contributed by atoms with E-state index in [4.69, 9.17) is 0 Å². The van der Waals surface area contributed by atoms with Gasteiger partial charge in [-0.15, -0.1) is 16.2 Å². The van der Waals surface area contributed by atoms with Gasteiger partial charge in [-0.2, -0.15) is 0 Å². The lowest BCUT2D eigenvalue weighted by Crippen LogP contribution is -2.41. The lowest BCUT2D eigenvalue weighted by atomic mass is 10.1. The van der Waals surface area contributed by atoms with Crippen LogP contribution in [0.3, 0.4) is 0 Å². The average Bonchev–Trinajstić information content (AvgIpc) is 2.88. The Bertz CT molecular complexity index is 839. The van der Waals surface area contributed by atoms with Crippen molar-refractivity contribution in [1.29, 1.82) is 0 Å². The second-order valence-electron chi connectivity index (χ2n) is 5.38. The molecule has 0 radical (unpaired) electrons. The van der Waals surface area contributed by atoms with Crippen molar-refractivity contribution in [2.24, 2.45) is 0 Å². The number of thiophene rings is 1. The molecule has 0 bridgehead atoms. The Hall–Kier alpha value is -1.70. The number of carbonyl (C=O) groups is 1. The van der Waals surface area contributed by atoms with Crippen molar-refractivity contribution in [3.05, 3.63) is 50.7 Å². The van der Waals surface area contributed by atoms with Crippen LogP contribution >= 0.6 is 11.3 Å². The number of sulfonamides is 1. The van der Waals surface area contributed by atoms with E-state index in [1.54, 1.807) is 18.2 Å². The molecule has 0 spiro atoms. The minimum absolute atomic E-state index is 0.123. The third-order valence-corrected chi connectivity index (χ3v) is 6.28. The first kappa shape index (κ1) is 17.7. The standard InChI is InChI=1S/C16H20N2O3S2/c1-5-14-12(4)9-15(22-14)16(19)17-18-23(20,21)13-7-6-10(2)11(3)8-13/h6-9,18H,5H2,1-4H3,(H,17,19). The van der Waals surface area contributed by atoms with Gasteiger partial charge in [-0.1, -0.05) is 13.0 Å². The molecule has 2 rings (SSSR count). The molecule has 0 unspecified atom stereocenters. The predicted octanol–water partition coefficient (Wildman–Crippen LogP) is 2.86. The number of carbonyl (C=O) groups excluding carboxylic acids is 1. The van der Waals surface area contributed by atoms with E-state index >= 15 is 0 Å². The number of nitrogens with one attached hydrogen (secondary N) is 2. The van der Waals surface area contributed by atoms with Crippen LogP contribution in [0.5, 0.6) is 0 Å². The molecule has 0 aliphatic rings. The van der Waals surface area contributed by atoms with Gasteiger partial charge in [0.05, 0.1) is 9.77 Å². The second-order valence-corrected chi connectivity index (χ2v) is 8.20. The SMILES string of the molecule is CCc1sc(C(=O)NNS(=O)(=O)c2ccc(C)c(C)c2)cc1C. The number of hydrogen-bond acceptors (Lipinski definition) is 4. The van der Waals surface area contributed by atoms with Gasteiger partial charge in [-0.25, -0.2) is 8.42 Å². The van der Waals surface area contributed by atoms with Crippen LogP contribution in [-0.4, -0.2) is 14.3 Å². The Balaban J connectivity index is 2.11. The summed E-state index contributed by atoms with van der Waals surface area (Å²) in [4.78, 5) is 16.0. The van der Waals surface area contributed by atoms with Crippen molar-refractivity contribution in [2.45, 2.75) is 39.0 Å². The minimum Gasteiger partial charge on any atom is -0.273 e. The summed E-state index contributed by atoms with van der Waals surface area (Å²) in [5.41, 5.74) is 5.20. The number of aryl methyl sites for hydroxylation is 4. The van der Waals surface area contributed by atoms with Crippen LogP contribution < -0.4 is 10.3 Å². The topological polar surface area (TPSA) is 75.3 Å². The Morgan fingerprint density at radius 2 is 1.78 bits per heavy atom. The van der Waals surface area contributed by atoms with E-state index in [0.717, 1.165) is 28.0 Å². The number of hydrogen-bond donors (Lipinski definition) is 2. The summed E-state index contributed by atoms with van der Waals surface area (Å²) in [7, 11) is -3.79. The molecule has 124 valence electrons. The molecule has 0 aliphatic heterocycles. The van der Waals surface area contributed by atoms with E-state index in [-0.39, 0.29) is 4.90 Å². The molecule has 7 heteroatoms. The maximum absolute atomic E-state index is 12.2. The monoisotopic (exact) mass is 352 g/mol. The summed E-state index contributed by atoms with van der Waals surface area (Å²) in [6, 6.07) is 6.60. The van der Waals surface area contributed by atoms with Gasteiger partial charge in [0.1, 0.15) is 0 Å². The third kappa shape index (κ3) is 3.99. The van der Waals surface area contributed by atoms with E-state index in [1.165, 1.54) is 17.4 Å². The molecule has 23 heavy (non-hydrogen) atoms. The number of benzene rings is 1. The first-order chi connectivity index (χ1) is 10.7. The van der Waals surface area contributed by atoms with E-state index in [1.807, 2.05) is 27.7 Å². The van der Waals surface area contributed by atoms with E-state index in [9.17, 15) is 13.2 Å². The zero-order valence-electron chi connectivity index (χ0n) is 13.6. The van der Waals surface area contributed by atoms with Crippen molar-refractivity contribution in [2.75, 3.05) is 0 Å². The molecular weight excluding hydrogens is 332 g/mol. The molecule has 0 atom stereocenters. The van der Waals surface area contributed by atoms with Crippen LogP contribution in [0.2, 0.25) is 0 Å². The summed E-state index contributed by atoms with van der Waals surface area (Å²) < 4.78 is 24.5. The van der Waals surface area contributed by atoms with Gasteiger partial charge in [0.15, 0.2) is 0 Å². The van der Waals surface area contributed by atoms with Crippen LogP contribution in [0.25, 0.3) is 0 Å². The fourth-order valence-corrected chi connectivity index (χ4v) is 4.03. The van der Waals surface area contributed by atoms with Gasteiger partial charge in [0, 0.05) is 4.88 Å². The molecule has 1 aromatic heterocycles. The molecule has 0 aliphatic carbocycles. The van der Waals surface area contributed by atoms with Crippen LogP contribution in [0.1, 0.15) is 38.2 Å². The van der Waals surface area contributed by atoms with E-state index < -0.39 is 15.9 Å². The van der Waals surface area contributed by atoms with Crippen LogP contribution in [0, 0.1) is 20.8 Å². The second kappa shape index (κ2) is 6.82. The molecule has 2 aromatic rings. The highest BCUT2D eigenvalue weighted by Crippen LogP contribution is 2.22. The molecule has 1 amide bonds. The number of hydrazine groups is 1. The van der Waals surface area contributed by atoms with E-state index in [0.29, 0.717) is 4.88 Å². The molecule has 1 heterocycles. The maximum Gasteiger partial charge on any atom is 0.276 e. The first-order valence-electron chi connectivity index (χ1n) is 7.23. The average molecular weight is 352 g/mol. The van der Waals surface area contributed by atoms with Crippen LogP contribution in [-0.2, 0) is 16.4 Å². The lowest BCUT2D eigenvalue weighted by Gasteiger charge is -2.09. The Morgan fingerprint density at radius 1 is 1.09 bits per heavy atom. The minimum atomic E-state index is -3.79. The van der Waals surface area contributed by atoms with Crippen molar-refractivity contribution in [3.63, 3.8) is 0 Å². The molecule has 0 fully saturated rings. The Kier molecular flexibility index (Phi) is 5.23. The van der Waals surface area contributed by atoms with Gasteiger partial charge >= 0.3 is 0 Å². The maximum atomic E-state index is 12.2. The normalized spacial score (nSPS) is 11.5. The highest BCUT2D eigenvalue weighted by molar-refractivity contribution is 7.89. The Morgan fingerprint density at radius 3 is 2.35 bits per heavy atom. The van der Waals surface area contributed by atoms with Gasteiger partial charge in [0.25, 0.3) is 15.9 Å². The fourth-order valence-electron chi connectivity index (χ4n) is 2.10. The van der Waals surface area contributed by atoms with Crippen molar-refractivity contribution >= 4 is 27.3 Å². The molecule has 5 nitrogen and oxygen atoms in total. The molecule has 1 aromatic carbocycles. The predicted molar refractivity (Wildman–Crippen MR) is 92.1 cm³/mol. The number of amides is 1. The van der Waals surface area contributed by atoms with Gasteiger partial charge < -0.3 is 0 Å². The Labute approximate surface area is 140 Å². The van der Waals surface area contributed by atoms with Crippen LogP contribution in [0.15, 0.2) is 29.2 Å². The smallest absolute Gasteiger partial charge is 0.273 e.